The Morgan fingerprint density at radius 3 is 2.38 bits per heavy atom. The Hall–Kier alpha value is -1.00. The normalized spacial score (nSPS) is 22.0. The number of hydrogen-bond acceptors (Lipinski definition) is 3. The summed E-state index contributed by atoms with van der Waals surface area (Å²) < 4.78 is 0. The minimum absolute atomic E-state index is 0.197. The highest BCUT2D eigenvalue weighted by molar-refractivity contribution is 7.98. The van der Waals surface area contributed by atoms with E-state index >= 15 is 0 Å². The van der Waals surface area contributed by atoms with E-state index in [2.05, 4.69) is 30.5 Å². The molecule has 0 aromatic heterocycles. The molecule has 1 fully saturated rings. The van der Waals surface area contributed by atoms with Crippen LogP contribution in [0, 0.1) is 11.8 Å². The maximum atomic E-state index is 12.5. The zero-order chi connectivity index (χ0) is 15.2. The lowest BCUT2D eigenvalue weighted by Crippen LogP contribution is -2.35. The second-order valence-electron chi connectivity index (χ2n) is 6.00. The Morgan fingerprint density at radius 2 is 1.86 bits per heavy atom. The number of rotatable bonds is 5. The molecule has 0 unspecified atom stereocenters. The first kappa shape index (κ1) is 16.4. The zero-order valence-electron chi connectivity index (χ0n) is 13.0. The highest BCUT2D eigenvalue weighted by Gasteiger charge is 2.27. The number of thioether (sulfide) groups is 1. The van der Waals surface area contributed by atoms with Gasteiger partial charge in [0.25, 0.3) is 0 Å². The van der Waals surface area contributed by atoms with Gasteiger partial charge in [0.1, 0.15) is 0 Å². The lowest BCUT2D eigenvalue weighted by atomic mass is 9.81. The van der Waals surface area contributed by atoms with Gasteiger partial charge in [0.15, 0.2) is 0 Å². The third-order valence-corrected chi connectivity index (χ3v) is 5.23. The SMILES string of the molecule is CSc1ccc(CN(C)C(=O)C2CCC(CN)CC2)cc1. The average Bonchev–Trinajstić information content (AvgIpc) is 2.55. The maximum absolute atomic E-state index is 12.5. The lowest BCUT2D eigenvalue weighted by molar-refractivity contribution is -0.136. The molecule has 2 N–H and O–H groups in total. The Bertz CT molecular complexity index is 452. The molecule has 2 rings (SSSR count). The summed E-state index contributed by atoms with van der Waals surface area (Å²) in [5.74, 6) is 1.11. The smallest absolute Gasteiger partial charge is 0.225 e. The molecule has 0 atom stereocenters. The first-order chi connectivity index (χ1) is 10.1. The van der Waals surface area contributed by atoms with Gasteiger partial charge in [-0.1, -0.05) is 12.1 Å². The molecule has 1 saturated carbocycles. The highest BCUT2D eigenvalue weighted by Crippen LogP contribution is 2.29. The predicted molar refractivity (Wildman–Crippen MR) is 89.2 cm³/mol. The van der Waals surface area contributed by atoms with Crippen LogP contribution in [-0.4, -0.2) is 30.7 Å². The molecule has 0 aliphatic heterocycles. The minimum Gasteiger partial charge on any atom is -0.341 e. The first-order valence-electron chi connectivity index (χ1n) is 7.72. The van der Waals surface area contributed by atoms with Crippen LogP contribution < -0.4 is 5.73 Å². The quantitative estimate of drug-likeness (QED) is 0.850. The van der Waals surface area contributed by atoms with E-state index in [0.29, 0.717) is 18.4 Å². The van der Waals surface area contributed by atoms with Crippen LogP contribution >= 0.6 is 11.8 Å². The van der Waals surface area contributed by atoms with Crippen molar-refractivity contribution in [1.29, 1.82) is 0 Å². The summed E-state index contributed by atoms with van der Waals surface area (Å²) in [6.45, 7) is 1.46. The summed E-state index contributed by atoms with van der Waals surface area (Å²) in [5, 5.41) is 0. The molecule has 1 aromatic carbocycles. The van der Waals surface area contributed by atoms with E-state index in [-0.39, 0.29) is 5.92 Å². The van der Waals surface area contributed by atoms with Gasteiger partial charge in [-0.3, -0.25) is 4.79 Å². The van der Waals surface area contributed by atoms with Gasteiger partial charge >= 0.3 is 0 Å². The minimum atomic E-state index is 0.197. The molecular formula is C17H26N2OS. The summed E-state index contributed by atoms with van der Waals surface area (Å²) in [7, 11) is 1.92. The molecule has 1 aliphatic carbocycles. The summed E-state index contributed by atoms with van der Waals surface area (Å²) in [6.07, 6.45) is 6.27. The van der Waals surface area contributed by atoms with Crippen LogP contribution in [0.4, 0.5) is 0 Å². The van der Waals surface area contributed by atoms with Crippen LogP contribution in [-0.2, 0) is 11.3 Å². The molecule has 116 valence electrons. The fourth-order valence-electron chi connectivity index (χ4n) is 3.04. The molecule has 1 amide bonds. The number of amides is 1. The van der Waals surface area contributed by atoms with E-state index in [9.17, 15) is 4.79 Å². The van der Waals surface area contributed by atoms with Crippen molar-refractivity contribution in [2.24, 2.45) is 17.6 Å². The number of benzene rings is 1. The Kier molecular flexibility index (Phi) is 6.12. The molecule has 0 saturated heterocycles. The molecular weight excluding hydrogens is 280 g/mol. The topological polar surface area (TPSA) is 46.3 Å². The maximum Gasteiger partial charge on any atom is 0.225 e. The van der Waals surface area contributed by atoms with Crippen molar-refractivity contribution in [1.82, 2.24) is 4.90 Å². The van der Waals surface area contributed by atoms with Crippen molar-refractivity contribution >= 4 is 17.7 Å². The molecule has 1 aliphatic rings. The predicted octanol–water partition coefficient (Wildman–Crippen LogP) is 3.13. The number of carbonyl (C=O) groups is 1. The fraction of sp³-hybridized carbons (Fsp3) is 0.588. The van der Waals surface area contributed by atoms with Crippen LogP contribution in [0.3, 0.4) is 0 Å². The first-order valence-corrected chi connectivity index (χ1v) is 8.94. The molecule has 21 heavy (non-hydrogen) atoms. The summed E-state index contributed by atoms with van der Waals surface area (Å²) in [6, 6.07) is 8.46. The van der Waals surface area contributed by atoms with Crippen molar-refractivity contribution < 1.29 is 4.79 Å². The molecule has 0 radical (unpaired) electrons. The van der Waals surface area contributed by atoms with Crippen molar-refractivity contribution in [3.63, 3.8) is 0 Å². The van der Waals surface area contributed by atoms with E-state index in [1.165, 1.54) is 10.5 Å². The van der Waals surface area contributed by atoms with E-state index in [1.807, 2.05) is 11.9 Å². The van der Waals surface area contributed by atoms with Crippen LogP contribution in [0.1, 0.15) is 31.2 Å². The van der Waals surface area contributed by atoms with Crippen molar-refractivity contribution in [3.8, 4) is 0 Å². The Morgan fingerprint density at radius 1 is 1.24 bits per heavy atom. The number of nitrogens with two attached hydrogens (primary N) is 1. The van der Waals surface area contributed by atoms with Gasteiger partial charge in [0, 0.05) is 24.4 Å². The number of hydrogen-bond donors (Lipinski definition) is 1. The van der Waals surface area contributed by atoms with Crippen LogP contribution in [0.25, 0.3) is 0 Å². The lowest BCUT2D eigenvalue weighted by Gasteiger charge is -2.30. The van der Waals surface area contributed by atoms with E-state index in [1.54, 1.807) is 11.8 Å². The molecule has 0 spiro atoms. The van der Waals surface area contributed by atoms with Gasteiger partial charge < -0.3 is 10.6 Å². The molecule has 0 bridgehead atoms. The Labute approximate surface area is 132 Å². The van der Waals surface area contributed by atoms with Gasteiger partial charge in [-0.15, -0.1) is 11.8 Å². The summed E-state index contributed by atoms with van der Waals surface area (Å²) in [4.78, 5) is 15.6. The van der Waals surface area contributed by atoms with Crippen molar-refractivity contribution in [3.05, 3.63) is 29.8 Å². The average molecular weight is 306 g/mol. The molecule has 3 nitrogen and oxygen atoms in total. The van der Waals surface area contributed by atoms with Crippen LogP contribution in [0.15, 0.2) is 29.2 Å². The Balaban J connectivity index is 1.87. The third kappa shape index (κ3) is 4.48. The van der Waals surface area contributed by atoms with E-state index in [4.69, 9.17) is 5.73 Å². The number of carbonyl (C=O) groups excluding carboxylic acids is 1. The fourth-order valence-corrected chi connectivity index (χ4v) is 3.45. The highest BCUT2D eigenvalue weighted by atomic mass is 32.2. The second-order valence-corrected chi connectivity index (χ2v) is 6.88. The van der Waals surface area contributed by atoms with E-state index < -0.39 is 0 Å². The largest absolute Gasteiger partial charge is 0.341 e. The zero-order valence-corrected chi connectivity index (χ0v) is 13.9. The second kappa shape index (κ2) is 7.85. The van der Waals surface area contributed by atoms with Gasteiger partial charge in [-0.2, -0.15) is 0 Å². The van der Waals surface area contributed by atoms with Crippen molar-refractivity contribution in [2.75, 3.05) is 19.8 Å². The van der Waals surface area contributed by atoms with Gasteiger partial charge in [-0.05, 0) is 62.1 Å². The molecule has 1 aromatic rings. The summed E-state index contributed by atoms with van der Waals surface area (Å²) in [5.41, 5.74) is 6.91. The summed E-state index contributed by atoms with van der Waals surface area (Å²) >= 11 is 1.74. The van der Waals surface area contributed by atoms with Crippen LogP contribution in [0.5, 0.6) is 0 Å². The van der Waals surface area contributed by atoms with Gasteiger partial charge in [0.05, 0.1) is 0 Å². The third-order valence-electron chi connectivity index (χ3n) is 4.48. The van der Waals surface area contributed by atoms with Crippen LogP contribution in [0.2, 0.25) is 0 Å². The standard InChI is InChI=1S/C17H26N2OS/c1-19(12-14-5-9-16(21-2)10-6-14)17(20)15-7-3-13(11-18)4-8-15/h5-6,9-10,13,15H,3-4,7-8,11-12,18H2,1-2H3. The van der Waals surface area contributed by atoms with Gasteiger partial charge in [0.2, 0.25) is 5.91 Å². The monoisotopic (exact) mass is 306 g/mol. The molecule has 0 heterocycles. The van der Waals surface area contributed by atoms with Gasteiger partial charge in [-0.25, -0.2) is 0 Å². The van der Waals surface area contributed by atoms with E-state index in [0.717, 1.165) is 32.2 Å². The molecule has 4 heteroatoms. The van der Waals surface area contributed by atoms with Crippen molar-refractivity contribution in [2.45, 2.75) is 37.1 Å². The number of nitrogens with zero attached hydrogens (tertiary/aromatic N) is 1.